The summed E-state index contributed by atoms with van der Waals surface area (Å²) in [5, 5.41) is 0. The Kier molecular flexibility index (Phi) is 4.31. The topological polar surface area (TPSA) is 0 Å². The van der Waals surface area contributed by atoms with E-state index in [4.69, 9.17) is 0 Å². The number of benzene rings is 1. The molecule has 0 amide bonds. The number of hydrogen-bond donors (Lipinski definition) is 0. The molecule has 0 aliphatic heterocycles. The molecule has 1 aliphatic rings. The summed E-state index contributed by atoms with van der Waals surface area (Å²) in [6, 6.07) is 15.1. The highest BCUT2D eigenvalue weighted by atomic mass is 28.3. The van der Waals surface area contributed by atoms with Gasteiger partial charge in [0.1, 0.15) is 0 Å². The fourth-order valence-electron chi connectivity index (χ4n) is 3.91. The van der Waals surface area contributed by atoms with Gasteiger partial charge < -0.3 is 0 Å². The Morgan fingerprint density at radius 2 is 1.56 bits per heavy atom. The summed E-state index contributed by atoms with van der Waals surface area (Å²) >= 11 is 0. The van der Waals surface area contributed by atoms with Gasteiger partial charge in [-0.3, -0.25) is 0 Å². The van der Waals surface area contributed by atoms with E-state index in [0.717, 1.165) is 11.8 Å². The molecule has 0 heterocycles. The molecule has 1 aromatic rings. The molecular formula is C17H28Si. The van der Waals surface area contributed by atoms with Crippen LogP contribution in [0.2, 0.25) is 24.2 Å². The lowest BCUT2D eigenvalue weighted by Crippen LogP contribution is -2.32. The SMILES string of the molecule is CC[Si](CC)(CC)CC1CC(C)c2ccccc21. The second kappa shape index (κ2) is 5.60. The average molecular weight is 260 g/mol. The highest BCUT2D eigenvalue weighted by Gasteiger charge is 2.35. The summed E-state index contributed by atoms with van der Waals surface area (Å²) in [5.74, 6) is 1.64. The first-order chi connectivity index (χ1) is 8.65. The predicted molar refractivity (Wildman–Crippen MR) is 84.2 cm³/mol. The Morgan fingerprint density at radius 3 is 2.11 bits per heavy atom. The summed E-state index contributed by atoms with van der Waals surface area (Å²) < 4.78 is 0. The smallest absolute Gasteiger partial charge is 0.0533 e. The van der Waals surface area contributed by atoms with Crippen molar-refractivity contribution in [1.82, 2.24) is 0 Å². The average Bonchev–Trinajstić information content (AvgIpc) is 2.73. The van der Waals surface area contributed by atoms with Gasteiger partial charge in [0.25, 0.3) is 0 Å². The maximum atomic E-state index is 2.43. The first-order valence-electron chi connectivity index (χ1n) is 7.74. The minimum Gasteiger partial charge on any atom is -0.0678 e. The summed E-state index contributed by atoms with van der Waals surface area (Å²) in [7, 11) is -0.981. The fourth-order valence-corrected chi connectivity index (χ4v) is 7.71. The quantitative estimate of drug-likeness (QED) is 0.588. The van der Waals surface area contributed by atoms with E-state index in [2.05, 4.69) is 52.0 Å². The van der Waals surface area contributed by atoms with E-state index in [9.17, 15) is 0 Å². The van der Waals surface area contributed by atoms with Crippen molar-refractivity contribution in [2.75, 3.05) is 0 Å². The third-order valence-corrected chi connectivity index (χ3v) is 11.4. The van der Waals surface area contributed by atoms with Crippen LogP contribution < -0.4 is 0 Å². The van der Waals surface area contributed by atoms with Gasteiger partial charge in [0.05, 0.1) is 8.07 Å². The molecule has 0 saturated heterocycles. The van der Waals surface area contributed by atoms with E-state index in [1.54, 1.807) is 11.1 Å². The lowest BCUT2D eigenvalue weighted by atomic mass is 10.0. The Labute approximate surface area is 114 Å². The lowest BCUT2D eigenvalue weighted by molar-refractivity contribution is 0.650. The number of hydrogen-bond acceptors (Lipinski definition) is 0. The van der Waals surface area contributed by atoms with Crippen molar-refractivity contribution in [3.05, 3.63) is 35.4 Å². The standard InChI is InChI=1S/C17H28Si/c1-5-18(6-2,7-3)13-15-12-14(4)16-10-8-9-11-17(15)16/h8-11,14-15H,5-7,12-13H2,1-4H3. The van der Waals surface area contributed by atoms with Crippen LogP contribution in [0.1, 0.15) is 57.1 Å². The van der Waals surface area contributed by atoms with E-state index in [1.807, 2.05) is 0 Å². The zero-order valence-corrected chi connectivity index (χ0v) is 13.5. The Hall–Kier alpha value is -0.563. The zero-order chi connectivity index (χ0) is 13.2. The van der Waals surface area contributed by atoms with E-state index < -0.39 is 8.07 Å². The summed E-state index contributed by atoms with van der Waals surface area (Å²) in [5.41, 5.74) is 3.31. The molecule has 1 aromatic carbocycles. The van der Waals surface area contributed by atoms with Crippen molar-refractivity contribution < 1.29 is 0 Å². The van der Waals surface area contributed by atoms with Crippen LogP contribution in [0.4, 0.5) is 0 Å². The van der Waals surface area contributed by atoms with Gasteiger partial charge in [-0.25, -0.2) is 0 Å². The van der Waals surface area contributed by atoms with Crippen LogP contribution in [0.25, 0.3) is 0 Å². The Bertz CT molecular complexity index is 384. The van der Waals surface area contributed by atoms with E-state index in [0.29, 0.717) is 0 Å². The third-order valence-electron chi connectivity index (χ3n) is 5.53. The van der Waals surface area contributed by atoms with E-state index in [1.165, 1.54) is 30.6 Å². The molecule has 0 fully saturated rings. The minimum atomic E-state index is -0.981. The first-order valence-corrected chi connectivity index (χ1v) is 10.6. The number of fused-ring (bicyclic) bond motifs is 1. The van der Waals surface area contributed by atoms with Gasteiger partial charge in [-0.1, -0.05) is 76.1 Å². The van der Waals surface area contributed by atoms with Gasteiger partial charge in [-0.05, 0) is 29.4 Å². The highest BCUT2D eigenvalue weighted by Crippen LogP contribution is 2.46. The molecule has 2 atom stereocenters. The largest absolute Gasteiger partial charge is 0.0678 e. The van der Waals surface area contributed by atoms with E-state index >= 15 is 0 Å². The normalized spacial score (nSPS) is 23.1. The zero-order valence-electron chi connectivity index (χ0n) is 12.5. The molecule has 0 bridgehead atoms. The van der Waals surface area contributed by atoms with Crippen molar-refractivity contribution in [1.29, 1.82) is 0 Å². The second-order valence-electron chi connectivity index (χ2n) is 6.23. The molecule has 0 saturated carbocycles. The maximum absolute atomic E-state index is 2.43. The van der Waals surface area contributed by atoms with Crippen LogP contribution >= 0.6 is 0 Å². The molecule has 0 radical (unpaired) electrons. The van der Waals surface area contributed by atoms with Gasteiger partial charge in [0.2, 0.25) is 0 Å². The fraction of sp³-hybridized carbons (Fsp3) is 0.647. The van der Waals surface area contributed by atoms with Crippen LogP contribution in [0.5, 0.6) is 0 Å². The number of rotatable bonds is 5. The van der Waals surface area contributed by atoms with Crippen molar-refractivity contribution in [3.8, 4) is 0 Å². The van der Waals surface area contributed by atoms with Crippen LogP contribution in [0, 0.1) is 0 Å². The Morgan fingerprint density at radius 1 is 1.00 bits per heavy atom. The van der Waals surface area contributed by atoms with E-state index in [-0.39, 0.29) is 0 Å². The third kappa shape index (κ3) is 2.42. The summed E-state index contributed by atoms with van der Waals surface area (Å²) in [6.07, 6.45) is 1.40. The highest BCUT2D eigenvalue weighted by molar-refractivity contribution is 6.79. The Balaban J connectivity index is 2.22. The maximum Gasteiger partial charge on any atom is 0.0533 e. The van der Waals surface area contributed by atoms with Crippen molar-refractivity contribution >= 4 is 8.07 Å². The van der Waals surface area contributed by atoms with Crippen LogP contribution in [-0.4, -0.2) is 8.07 Å². The summed E-state index contributed by atoms with van der Waals surface area (Å²) in [4.78, 5) is 0. The van der Waals surface area contributed by atoms with Crippen LogP contribution in [0.15, 0.2) is 24.3 Å². The molecule has 2 rings (SSSR count). The van der Waals surface area contributed by atoms with Crippen molar-refractivity contribution in [2.45, 2.75) is 70.1 Å². The predicted octanol–water partition coefficient (Wildman–Crippen LogP) is 5.79. The molecule has 1 heteroatoms. The summed E-state index contributed by atoms with van der Waals surface area (Å²) in [6.45, 7) is 9.71. The molecule has 0 aromatic heterocycles. The van der Waals surface area contributed by atoms with Crippen LogP contribution in [0.3, 0.4) is 0 Å². The van der Waals surface area contributed by atoms with Crippen LogP contribution in [-0.2, 0) is 0 Å². The van der Waals surface area contributed by atoms with Gasteiger partial charge >= 0.3 is 0 Å². The molecule has 0 spiro atoms. The minimum absolute atomic E-state index is 0.781. The first kappa shape index (κ1) is 13.9. The second-order valence-corrected chi connectivity index (χ2v) is 11.8. The van der Waals surface area contributed by atoms with Gasteiger partial charge in [-0.15, -0.1) is 0 Å². The molecule has 18 heavy (non-hydrogen) atoms. The van der Waals surface area contributed by atoms with Gasteiger partial charge in [-0.2, -0.15) is 0 Å². The molecule has 0 N–H and O–H groups in total. The van der Waals surface area contributed by atoms with Gasteiger partial charge in [0.15, 0.2) is 0 Å². The molecule has 2 unspecified atom stereocenters. The lowest BCUT2D eigenvalue weighted by Gasteiger charge is -2.31. The molecular weight excluding hydrogens is 232 g/mol. The van der Waals surface area contributed by atoms with Crippen molar-refractivity contribution in [3.63, 3.8) is 0 Å². The molecule has 1 aliphatic carbocycles. The molecule has 0 nitrogen and oxygen atoms in total. The van der Waals surface area contributed by atoms with Crippen molar-refractivity contribution in [2.24, 2.45) is 0 Å². The van der Waals surface area contributed by atoms with Gasteiger partial charge in [0, 0.05) is 0 Å². The monoisotopic (exact) mass is 260 g/mol. The molecule has 100 valence electrons.